The first-order chi connectivity index (χ1) is 8.98. The van der Waals surface area contributed by atoms with Gasteiger partial charge in [0.05, 0.1) is 5.03 Å². The van der Waals surface area contributed by atoms with Gasteiger partial charge in [-0.2, -0.15) is 0 Å². The molecule has 4 unspecified atom stereocenters. The summed E-state index contributed by atoms with van der Waals surface area (Å²) in [5, 5.41) is 3.80. The molecule has 0 amide bonds. The molecule has 0 heterocycles. The van der Waals surface area contributed by atoms with Crippen molar-refractivity contribution in [3.05, 3.63) is 35.3 Å². The standard InChI is InChI=1S/C16H21ClFN/c1-10(19-15-9-16(2)8-12(15)16)3-4-11-5-6-13(17)14(18)7-11/h5-6,11-12,15,19H,1,3-4,7-9H2,2H3. The number of allylic oxidation sites excluding steroid dienone is 5. The largest absolute Gasteiger partial charge is 0.386 e. The van der Waals surface area contributed by atoms with Crippen molar-refractivity contribution in [1.29, 1.82) is 0 Å². The van der Waals surface area contributed by atoms with Gasteiger partial charge in [-0.05, 0) is 49.0 Å². The molecular formula is C16H21ClFN. The summed E-state index contributed by atoms with van der Waals surface area (Å²) in [4.78, 5) is 0. The zero-order chi connectivity index (χ0) is 13.6. The van der Waals surface area contributed by atoms with Crippen molar-refractivity contribution in [3.8, 4) is 0 Å². The summed E-state index contributed by atoms with van der Waals surface area (Å²) in [6, 6.07) is 0.644. The Bertz CT molecular complexity index is 467. The minimum absolute atomic E-state index is 0.180. The molecule has 1 nitrogen and oxygen atoms in total. The molecule has 3 rings (SSSR count). The van der Waals surface area contributed by atoms with Gasteiger partial charge in [-0.1, -0.05) is 31.2 Å². The fraction of sp³-hybridized carbons (Fsp3) is 0.625. The second-order valence-corrected chi connectivity index (χ2v) is 7.05. The Labute approximate surface area is 119 Å². The van der Waals surface area contributed by atoms with Crippen molar-refractivity contribution in [2.75, 3.05) is 0 Å². The van der Waals surface area contributed by atoms with Gasteiger partial charge in [-0.25, -0.2) is 4.39 Å². The molecule has 0 bridgehead atoms. The average molecular weight is 282 g/mol. The maximum atomic E-state index is 13.4. The molecule has 0 saturated heterocycles. The molecular weight excluding hydrogens is 261 g/mol. The lowest BCUT2D eigenvalue weighted by molar-refractivity contribution is 0.238. The number of rotatable bonds is 5. The first kappa shape index (κ1) is 13.2. The van der Waals surface area contributed by atoms with Crippen LogP contribution in [-0.2, 0) is 0 Å². The minimum Gasteiger partial charge on any atom is -0.386 e. The molecule has 0 aromatic rings. The van der Waals surface area contributed by atoms with Crippen molar-refractivity contribution in [1.82, 2.24) is 5.32 Å². The quantitative estimate of drug-likeness (QED) is 0.772. The fourth-order valence-corrected chi connectivity index (χ4v) is 3.69. The van der Waals surface area contributed by atoms with E-state index in [1.54, 1.807) is 6.08 Å². The van der Waals surface area contributed by atoms with E-state index in [9.17, 15) is 4.39 Å². The number of halogens is 2. The monoisotopic (exact) mass is 281 g/mol. The van der Waals surface area contributed by atoms with Crippen LogP contribution in [-0.4, -0.2) is 6.04 Å². The Balaban J connectivity index is 1.39. The van der Waals surface area contributed by atoms with Gasteiger partial charge >= 0.3 is 0 Å². The molecule has 2 saturated carbocycles. The second kappa shape index (κ2) is 4.66. The predicted molar refractivity (Wildman–Crippen MR) is 77.4 cm³/mol. The summed E-state index contributed by atoms with van der Waals surface area (Å²) in [6.45, 7) is 6.47. The number of fused-ring (bicyclic) bond motifs is 1. The molecule has 0 aliphatic heterocycles. The molecule has 3 heteroatoms. The van der Waals surface area contributed by atoms with E-state index in [4.69, 9.17) is 11.6 Å². The number of nitrogens with one attached hydrogen (secondary N) is 1. The second-order valence-electron chi connectivity index (χ2n) is 6.64. The molecule has 2 fully saturated rings. The Hall–Kier alpha value is -0.760. The van der Waals surface area contributed by atoms with E-state index in [0.717, 1.165) is 24.5 Å². The van der Waals surface area contributed by atoms with Crippen LogP contribution in [0.5, 0.6) is 0 Å². The molecule has 1 N–H and O–H groups in total. The lowest BCUT2D eigenvalue weighted by Crippen LogP contribution is -2.41. The first-order valence-corrected chi connectivity index (χ1v) is 7.52. The summed E-state index contributed by atoms with van der Waals surface area (Å²) in [7, 11) is 0. The maximum absolute atomic E-state index is 13.4. The van der Waals surface area contributed by atoms with Crippen LogP contribution in [0.2, 0.25) is 0 Å². The Morgan fingerprint density at radius 3 is 2.95 bits per heavy atom. The highest BCUT2D eigenvalue weighted by molar-refractivity contribution is 6.31. The average Bonchev–Trinajstić information content (AvgIpc) is 2.91. The van der Waals surface area contributed by atoms with Crippen LogP contribution in [0.25, 0.3) is 0 Å². The van der Waals surface area contributed by atoms with Gasteiger partial charge in [0.25, 0.3) is 0 Å². The molecule has 4 atom stereocenters. The highest BCUT2D eigenvalue weighted by Crippen LogP contribution is 2.67. The predicted octanol–water partition coefficient (Wildman–Crippen LogP) is 4.66. The van der Waals surface area contributed by atoms with Gasteiger partial charge in [0.1, 0.15) is 5.83 Å². The van der Waals surface area contributed by atoms with Gasteiger partial charge in [-0.15, -0.1) is 0 Å². The molecule has 104 valence electrons. The molecule has 0 aromatic carbocycles. The Kier molecular flexibility index (Phi) is 3.24. The summed E-state index contributed by atoms with van der Waals surface area (Å²) in [5.41, 5.74) is 1.75. The first-order valence-electron chi connectivity index (χ1n) is 7.14. The molecule has 0 aromatic heterocycles. The lowest BCUT2D eigenvalue weighted by Gasteiger charge is -2.34. The smallest absolute Gasteiger partial charge is 0.119 e. The van der Waals surface area contributed by atoms with E-state index < -0.39 is 0 Å². The van der Waals surface area contributed by atoms with Crippen LogP contribution >= 0.6 is 11.6 Å². The van der Waals surface area contributed by atoms with E-state index in [1.165, 1.54) is 12.8 Å². The third-order valence-electron chi connectivity index (χ3n) is 5.01. The summed E-state index contributed by atoms with van der Waals surface area (Å²) in [5.74, 6) is 0.951. The van der Waals surface area contributed by atoms with E-state index in [2.05, 4.69) is 18.8 Å². The van der Waals surface area contributed by atoms with Gasteiger partial charge < -0.3 is 5.32 Å². The van der Waals surface area contributed by atoms with Gasteiger partial charge in [0.15, 0.2) is 0 Å². The summed E-state index contributed by atoms with van der Waals surface area (Å²) in [6.07, 6.45) is 8.65. The van der Waals surface area contributed by atoms with Crippen molar-refractivity contribution < 1.29 is 4.39 Å². The van der Waals surface area contributed by atoms with Crippen LogP contribution < -0.4 is 5.32 Å². The zero-order valence-corrected chi connectivity index (χ0v) is 12.1. The van der Waals surface area contributed by atoms with E-state index in [0.29, 0.717) is 17.9 Å². The van der Waals surface area contributed by atoms with Crippen LogP contribution in [0.1, 0.15) is 39.0 Å². The summed E-state index contributed by atoms with van der Waals surface area (Å²) >= 11 is 5.71. The van der Waals surface area contributed by atoms with Crippen molar-refractivity contribution in [2.45, 2.75) is 45.1 Å². The van der Waals surface area contributed by atoms with Crippen LogP contribution in [0.15, 0.2) is 35.3 Å². The third-order valence-corrected chi connectivity index (χ3v) is 5.35. The van der Waals surface area contributed by atoms with E-state index in [1.807, 2.05) is 6.08 Å². The SMILES string of the molecule is C=C(CCC1C=CC(Cl)=C(F)C1)NC1CC2(C)CC12. The fourth-order valence-electron chi connectivity index (χ4n) is 3.54. The normalized spacial score (nSPS) is 39.6. The van der Waals surface area contributed by atoms with Gasteiger partial charge in [-0.3, -0.25) is 0 Å². The lowest BCUT2D eigenvalue weighted by atomic mass is 9.81. The number of hydrogen-bond donors (Lipinski definition) is 1. The highest BCUT2D eigenvalue weighted by Gasteiger charge is 2.63. The van der Waals surface area contributed by atoms with E-state index >= 15 is 0 Å². The molecule has 0 spiro atoms. The highest BCUT2D eigenvalue weighted by atomic mass is 35.5. The molecule has 3 aliphatic carbocycles. The van der Waals surface area contributed by atoms with Crippen molar-refractivity contribution in [3.63, 3.8) is 0 Å². The Morgan fingerprint density at radius 2 is 2.37 bits per heavy atom. The molecule has 0 radical (unpaired) electrons. The summed E-state index contributed by atoms with van der Waals surface area (Å²) < 4.78 is 13.4. The van der Waals surface area contributed by atoms with E-state index in [-0.39, 0.29) is 16.8 Å². The molecule has 19 heavy (non-hydrogen) atoms. The van der Waals surface area contributed by atoms with Crippen molar-refractivity contribution >= 4 is 11.6 Å². The van der Waals surface area contributed by atoms with Gasteiger partial charge in [0.2, 0.25) is 0 Å². The van der Waals surface area contributed by atoms with Crippen molar-refractivity contribution in [2.24, 2.45) is 17.3 Å². The van der Waals surface area contributed by atoms with Crippen LogP contribution in [0.3, 0.4) is 0 Å². The maximum Gasteiger partial charge on any atom is 0.119 e. The molecule has 3 aliphatic rings. The third kappa shape index (κ3) is 2.60. The zero-order valence-electron chi connectivity index (χ0n) is 11.4. The minimum atomic E-state index is -0.180. The van der Waals surface area contributed by atoms with Crippen LogP contribution in [0.4, 0.5) is 4.39 Å². The van der Waals surface area contributed by atoms with Gasteiger partial charge in [0, 0.05) is 18.2 Å². The number of hydrogen-bond acceptors (Lipinski definition) is 1. The van der Waals surface area contributed by atoms with Crippen LogP contribution in [0, 0.1) is 17.3 Å². The topological polar surface area (TPSA) is 12.0 Å². The Morgan fingerprint density at radius 1 is 1.58 bits per heavy atom.